The Kier molecular flexibility index (Phi) is 4.68. The van der Waals surface area contributed by atoms with E-state index in [-0.39, 0.29) is 5.75 Å². The average Bonchev–Trinajstić information content (AvgIpc) is 2.89. The van der Waals surface area contributed by atoms with Gasteiger partial charge in [0, 0.05) is 20.2 Å². The lowest BCUT2D eigenvalue weighted by Crippen LogP contribution is -2.22. The molecule has 0 saturated heterocycles. The molecule has 0 aliphatic heterocycles. The summed E-state index contributed by atoms with van der Waals surface area (Å²) in [6.45, 7) is 8.09. The highest BCUT2D eigenvalue weighted by molar-refractivity contribution is 6.76. The lowest BCUT2D eigenvalue weighted by atomic mass is 10.1. The average molecular weight is 341 g/mol. The number of nitrogens with zero attached hydrogens (tertiary/aromatic N) is 3. The molecule has 1 N–H and O–H groups in total. The van der Waals surface area contributed by atoms with Gasteiger partial charge in [-0.2, -0.15) is 5.10 Å². The van der Waals surface area contributed by atoms with Gasteiger partial charge in [0.15, 0.2) is 5.65 Å². The van der Waals surface area contributed by atoms with Crippen LogP contribution in [0.25, 0.3) is 22.3 Å². The van der Waals surface area contributed by atoms with Gasteiger partial charge in [0.2, 0.25) is 0 Å². The molecule has 0 atom stereocenters. The number of benzene rings is 1. The molecule has 0 radical (unpaired) electrons. The third kappa shape index (κ3) is 3.83. The molecule has 0 aliphatic carbocycles. The molecule has 0 amide bonds. The van der Waals surface area contributed by atoms with Gasteiger partial charge in [-0.05, 0) is 12.1 Å². The number of aromatic nitrogens is 3. The van der Waals surface area contributed by atoms with Gasteiger partial charge in [0.25, 0.3) is 0 Å². The summed E-state index contributed by atoms with van der Waals surface area (Å²) in [5.41, 5.74) is 2.53. The summed E-state index contributed by atoms with van der Waals surface area (Å²) in [5.74, 6) is 0.138. The fraction of sp³-hybridized carbons (Fsp3) is 0.333. The molecule has 0 bridgehead atoms. The lowest BCUT2D eigenvalue weighted by molar-refractivity contribution is 0.0814. The normalized spacial score (nSPS) is 12.0. The Labute approximate surface area is 142 Å². The zero-order valence-electron chi connectivity index (χ0n) is 14.4. The summed E-state index contributed by atoms with van der Waals surface area (Å²) < 4.78 is 7.58. The fourth-order valence-corrected chi connectivity index (χ4v) is 3.23. The number of pyridine rings is 1. The Bertz CT molecular complexity index is 825. The minimum atomic E-state index is -1.11. The molecule has 0 aliphatic rings. The topological polar surface area (TPSA) is 60.2 Å². The lowest BCUT2D eigenvalue weighted by Gasteiger charge is -2.15. The molecule has 24 heavy (non-hydrogen) atoms. The minimum absolute atomic E-state index is 0.138. The number of ether oxygens (including phenoxy) is 1. The van der Waals surface area contributed by atoms with Crippen LogP contribution in [0.15, 0.2) is 42.6 Å². The second-order valence-electron chi connectivity index (χ2n) is 7.13. The van der Waals surface area contributed by atoms with Crippen LogP contribution in [-0.4, -0.2) is 34.6 Å². The molecule has 0 unspecified atom stereocenters. The van der Waals surface area contributed by atoms with Crippen molar-refractivity contribution in [2.24, 2.45) is 0 Å². The second kappa shape index (κ2) is 6.74. The van der Waals surface area contributed by atoms with Crippen LogP contribution in [0.1, 0.15) is 0 Å². The maximum atomic E-state index is 9.79. The Morgan fingerprint density at radius 3 is 2.62 bits per heavy atom. The first-order valence-corrected chi connectivity index (χ1v) is 11.8. The van der Waals surface area contributed by atoms with Gasteiger partial charge in [-0.15, -0.1) is 0 Å². The maximum absolute atomic E-state index is 9.79. The van der Waals surface area contributed by atoms with Crippen LogP contribution in [0, 0.1) is 0 Å². The molecular formula is C18H23N3O2Si. The van der Waals surface area contributed by atoms with Gasteiger partial charge in [-0.3, -0.25) is 0 Å². The van der Waals surface area contributed by atoms with Crippen LogP contribution in [-0.2, 0) is 11.5 Å². The van der Waals surface area contributed by atoms with Crippen molar-refractivity contribution in [1.82, 2.24) is 14.8 Å². The summed E-state index contributed by atoms with van der Waals surface area (Å²) >= 11 is 0. The van der Waals surface area contributed by atoms with Gasteiger partial charge in [0.05, 0.1) is 11.6 Å². The van der Waals surface area contributed by atoms with E-state index in [1.54, 1.807) is 10.7 Å². The summed E-state index contributed by atoms with van der Waals surface area (Å²) in [7, 11) is -1.11. The van der Waals surface area contributed by atoms with Gasteiger partial charge >= 0.3 is 0 Å². The molecular weight excluding hydrogens is 318 g/mol. The molecule has 0 fully saturated rings. The number of fused-ring (bicyclic) bond motifs is 1. The molecule has 2 aromatic heterocycles. The first-order chi connectivity index (χ1) is 11.4. The Morgan fingerprint density at radius 2 is 1.92 bits per heavy atom. The smallest absolute Gasteiger partial charge is 0.161 e. The standard InChI is InChI=1S/C18H23N3O2Si/c1-24(2,3)10-9-23-13-21-18-16(11-15(22)12-19-18)17(20-21)14-7-5-4-6-8-14/h4-8,11-12,22H,9-10,13H2,1-3H3. The number of aromatic hydroxyl groups is 1. The van der Waals surface area contributed by atoms with Crippen LogP contribution < -0.4 is 0 Å². The van der Waals surface area contributed by atoms with Crippen molar-refractivity contribution in [3.05, 3.63) is 42.6 Å². The van der Waals surface area contributed by atoms with Crippen molar-refractivity contribution in [1.29, 1.82) is 0 Å². The largest absolute Gasteiger partial charge is 0.506 e. The Morgan fingerprint density at radius 1 is 1.17 bits per heavy atom. The highest BCUT2D eigenvalue weighted by Crippen LogP contribution is 2.29. The molecule has 0 saturated carbocycles. The Balaban J connectivity index is 1.89. The molecule has 0 spiro atoms. The van der Waals surface area contributed by atoms with Crippen molar-refractivity contribution in [3.63, 3.8) is 0 Å². The van der Waals surface area contributed by atoms with Crippen LogP contribution in [0.5, 0.6) is 5.75 Å². The van der Waals surface area contributed by atoms with E-state index in [0.29, 0.717) is 6.73 Å². The van der Waals surface area contributed by atoms with Crippen molar-refractivity contribution < 1.29 is 9.84 Å². The second-order valence-corrected chi connectivity index (χ2v) is 12.7. The van der Waals surface area contributed by atoms with E-state index in [2.05, 4.69) is 29.7 Å². The molecule has 5 nitrogen and oxygen atoms in total. The van der Waals surface area contributed by atoms with E-state index in [1.807, 2.05) is 30.3 Å². The first kappa shape index (κ1) is 16.7. The van der Waals surface area contributed by atoms with E-state index in [0.717, 1.165) is 34.9 Å². The number of hydrogen-bond acceptors (Lipinski definition) is 4. The predicted octanol–water partition coefficient (Wildman–Crippen LogP) is 4.12. The van der Waals surface area contributed by atoms with Crippen LogP contribution in [0.3, 0.4) is 0 Å². The van der Waals surface area contributed by atoms with E-state index in [9.17, 15) is 5.11 Å². The highest BCUT2D eigenvalue weighted by Gasteiger charge is 2.15. The summed E-state index contributed by atoms with van der Waals surface area (Å²) in [4.78, 5) is 4.33. The van der Waals surface area contributed by atoms with Crippen LogP contribution in [0.4, 0.5) is 0 Å². The van der Waals surface area contributed by atoms with Crippen LogP contribution in [0.2, 0.25) is 25.7 Å². The molecule has 3 rings (SSSR count). The fourth-order valence-electron chi connectivity index (χ4n) is 2.48. The third-order valence-corrected chi connectivity index (χ3v) is 5.53. The molecule has 126 valence electrons. The predicted molar refractivity (Wildman–Crippen MR) is 98.7 cm³/mol. The molecule has 3 aromatic rings. The zero-order valence-corrected chi connectivity index (χ0v) is 15.4. The van der Waals surface area contributed by atoms with Crippen molar-refractivity contribution >= 4 is 19.1 Å². The minimum Gasteiger partial charge on any atom is -0.506 e. The number of hydrogen-bond donors (Lipinski definition) is 1. The van der Waals surface area contributed by atoms with Gasteiger partial charge in [-0.1, -0.05) is 50.0 Å². The summed E-state index contributed by atoms with van der Waals surface area (Å²) in [6, 6.07) is 12.7. The summed E-state index contributed by atoms with van der Waals surface area (Å²) in [5, 5.41) is 15.3. The summed E-state index contributed by atoms with van der Waals surface area (Å²) in [6.07, 6.45) is 1.44. The van der Waals surface area contributed by atoms with E-state index < -0.39 is 8.07 Å². The third-order valence-electron chi connectivity index (χ3n) is 3.83. The molecule has 2 heterocycles. The van der Waals surface area contributed by atoms with Crippen molar-refractivity contribution in [2.75, 3.05) is 6.61 Å². The van der Waals surface area contributed by atoms with Crippen molar-refractivity contribution in [2.45, 2.75) is 32.4 Å². The van der Waals surface area contributed by atoms with Gasteiger partial charge in [0.1, 0.15) is 18.2 Å². The zero-order chi connectivity index (χ0) is 17.2. The van der Waals surface area contributed by atoms with Gasteiger partial charge in [-0.25, -0.2) is 9.67 Å². The molecule has 1 aromatic carbocycles. The van der Waals surface area contributed by atoms with E-state index in [1.165, 1.54) is 6.20 Å². The SMILES string of the molecule is C[Si](C)(C)CCOCn1nc(-c2ccccc2)c2cc(O)cnc21. The van der Waals surface area contributed by atoms with Crippen molar-refractivity contribution in [3.8, 4) is 17.0 Å². The Hall–Kier alpha value is -2.18. The number of rotatable bonds is 6. The monoisotopic (exact) mass is 341 g/mol. The maximum Gasteiger partial charge on any atom is 0.161 e. The quantitative estimate of drug-likeness (QED) is 0.541. The van der Waals surface area contributed by atoms with Gasteiger partial charge < -0.3 is 9.84 Å². The molecule has 6 heteroatoms. The van der Waals surface area contributed by atoms with E-state index >= 15 is 0 Å². The first-order valence-electron chi connectivity index (χ1n) is 8.13. The van der Waals surface area contributed by atoms with Crippen LogP contribution >= 0.6 is 0 Å². The van der Waals surface area contributed by atoms with E-state index in [4.69, 9.17) is 4.74 Å². The highest BCUT2D eigenvalue weighted by atomic mass is 28.3.